The third kappa shape index (κ3) is 5.25. The van der Waals surface area contributed by atoms with Gasteiger partial charge in [0.2, 0.25) is 0 Å². The number of hydrogen-bond acceptors (Lipinski definition) is 2. The van der Waals surface area contributed by atoms with Gasteiger partial charge < -0.3 is 5.32 Å². The zero-order valence-corrected chi connectivity index (χ0v) is 13.8. The molecule has 0 bridgehead atoms. The second kappa shape index (κ2) is 7.41. The molecule has 1 aromatic carbocycles. The zero-order chi connectivity index (χ0) is 14.5. The zero-order valence-electron chi connectivity index (χ0n) is 11.4. The van der Waals surface area contributed by atoms with Gasteiger partial charge in [-0.05, 0) is 36.3 Å². The van der Waals surface area contributed by atoms with E-state index in [4.69, 9.17) is 23.2 Å². The highest BCUT2D eigenvalue weighted by atomic mass is 35.5. The van der Waals surface area contributed by atoms with Gasteiger partial charge in [-0.3, -0.25) is 4.79 Å². The largest absolute Gasteiger partial charge is 0.351 e. The Morgan fingerprint density at radius 1 is 1.42 bits per heavy atom. The normalized spacial score (nSPS) is 11.4. The summed E-state index contributed by atoms with van der Waals surface area (Å²) in [5, 5.41) is 3.40. The summed E-state index contributed by atoms with van der Waals surface area (Å²) in [5.74, 6) is 0.453. The molecule has 1 aromatic rings. The quantitative estimate of drug-likeness (QED) is 0.620. The molecule has 0 aliphatic heterocycles. The molecule has 0 saturated heterocycles. The molecule has 0 unspecified atom stereocenters. The van der Waals surface area contributed by atoms with E-state index >= 15 is 0 Å². The van der Waals surface area contributed by atoms with Gasteiger partial charge in [-0.15, -0.1) is 23.4 Å². The van der Waals surface area contributed by atoms with Crippen LogP contribution >= 0.6 is 35.0 Å². The SMILES string of the molecule is CSc1ccc(Cl)c(C(=O)NCC(C)(C)CCCl)c1. The predicted molar refractivity (Wildman–Crippen MR) is 84.7 cm³/mol. The monoisotopic (exact) mass is 319 g/mol. The lowest BCUT2D eigenvalue weighted by Gasteiger charge is -2.23. The maximum atomic E-state index is 12.1. The third-order valence-electron chi connectivity index (χ3n) is 2.92. The Labute approximate surface area is 129 Å². The smallest absolute Gasteiger partial charge is 0.252 e. The third-order valence-corrected chi connectivity index (χ3v) is 4.16. The van der Waals surface area contributed by atoms with Crippen LogP contribution in [0, 0.1) is 5.41 Å². The molecule has 0 heterocycles. The molecule has 1 amide bonds. The molecular formula is C14H19Cl2NOS. The van der Waals surface area contributed by atoms with Gasteiger partial charge in [0.1, 0.15) is 0 Å². The number of benzene rings is 1. The van der Waals surface area contributed by atoms with E-state index in [-0.39, 0.29) is 11.3 Å². The van der Waals surface area contributed by atoms with Crippen LogP contribution in [0.4, 0.5) is 0 Å². The molecule has 19 heavy (non-hydrogen) atoms. The lowest BCUT2D eigenvalue weighted by atomic mass is 9.90. The van der Waals surface area contributed by atoms with Crippen LogP contribution in [0.25, 0.3) is 0 Å². The van der Waals surface area contributed by atoms with Crippen LogP contribution in [0.15, 0.2) is 23.1 Å². The van der Waals surface area contributed by atoms with E-state index in [1.807, 2.05) is 18.4 Å². The first-order valence-corrected chi connectivity index (χ1v) is 8.21. The summed E-state index contributed by atoms with van der Waals surface area (Å²) >= 11 is 13.4. The Morgan fingerprint density at radius 3 is 2.68 bits per heavy atom. The number of amides is 1. The van der Waals surface area contributed by atoms with Crippen molar-refractivity contribution >= 4 is 40.9 Å². The van der Waals surface area contributed by atoms with E-state index in [0.717, 1.165) is 11.3 Å². The van der Waals surface area contributed by atoms with Gasteiger partial charge in [-0.2, -0.15) is 0 Å². The lowest BCUT2D eigenvalue weighted by Crippen LogP contribution is -2.34. The Balaban J connectivity index is 2.73. The second-order valence-electron chi connectivity index (χ2n) is 5.13. The fourth-order valence-electron chi connectivity index (χ4n) is 1.56. The summed E-state index contributed by atoms with van der Waals surface area (Å²) in [6.07, 6.45) is 2.82. The minimum absolute atomic E-state index is 0.0129. The van der Waals surface area contributed by atoms with Crippen molar-refractivity contribution in [2.75, 3.05) is 18.7 Å². The molecule has 0 aromatic heterocycles. The Hall–Kier alpha value is -0.380. The van der Waals surface area contributed by atoms with Crippen LogP contribution in [0.3, 0.4) is 0 Å². The van der Waals surface area contributed by atoms with Crippen LogP contribution in [0.2, 0.25) is 5.02 Å². The first-order chi connectivity index (χ1) is 8.89. The van der Waals surface area contributed by atoms with Gasteiger partial charge in [-0.1, -0.05) is 25.4 Å². The topological polar surface area (TPSA) is 29.1 Å². The summed E-state index contributed by atoms with van der Waals surface area (Å²) in [5.41, 5.74) is 0.510. The van der Waals surface area contributed by atoms with Crippen molar-refractivity contribution in [2.24, 2.45) is 5.41 Å². The first-order valence-electron chi connectivity index (χ1n) is 6.07. The molecule has 1 rings (SSSR count). The minimum Gasteiger partial charge on any atom is -0.351 e. The summed E-state index contributed by atoms with van der Waals surface area (Å²) in [6.45, 7) is 4.74. The summed E-state index contributed by atoms with van der Waals surface area (Å²) in [7, 11) is 0. The maximum Gasteiger partial charge on any atom is 0.252 e. The molecule has 0 aliphatic rings. The summed E-state index contributed by atoms with van der Waals surface area (Å²) < 4.78 is 0. The van der Waals surface area contributed by atoms with Crippen LogP contribution in [0.1, 0.15) is 30.6 Å². The van der Waals surface area contributed by atoms with Crippen LogP contribution in [0.5, 0.6) is 0 Å². The van der Waals surface area contributed by atoms with Gasteiger partial charge in [0.15, 0.2) is 0 Å². The van der Waals surface area contributed by atoms with Crippen LogP contribution in [-0.4, -0.2) is 24.6 Å². The highest BCUT2D eigenvalue weighted by Crippen LogP contribution is 2.24. The number of thioether (sulfide) groups is 1. The number of alkyl halides is 1. The van der Waals surface area contributed by atoms with Crippen molar-refractivity contribution in [1.82, 2.24) is 5.32 Å². The Bertz CT molecular complexity index is 449. The number of carbonyl (C=O) groups is 1. The average Bonchev–Trinajstić information content (AvgIpc) is 2.36. The van der Waals surface area contributed by atoms with E-state index in [0.29, 0.717) is 23.0 Å². The average molecular weight is 320 g/mol. The van der Waals surface area contributed by atoms with Crippen molar-refractivity contribution in [1.29, 1.82) is 0 Å². The van der Waals surface area contributed by atoms with E-state index in [1.165, 1.54) is 0 Å². The molecule has 0 saturated carbocycles. The van der Waals surface area contributed by atoms with Gasteiger partial charge in [0, 0.05) is 17.3 Å². The predicted octanol–water partition coefficient (Wildman–Crippen LogP) is 4.45. The van der Waals surface area contributed by atoms with Crippen molar-refractivity contribution in [2.45, 2.75) is 25.2 Å². The molecule has 106 valence electrons. The Morgan fingerprint density at radius 2 is 2.11 bits per heavy atom. The molecule has 0 aliphatic carbocycles. The number of rotatable bonds is 6. The molecule has 1 N–H and O–H groups in total. The van der Waals surface area contributed by atoms with Gasteiger partial charge >= 0.3 is 0 Å². The molecule has 0 atom stereocenters. The molecule has 0 fully saturated rings. The molecule has 0 radical (unpaired) electrons. The summed E-state index contributed by atoms with van der Waals surface area (Å²) in [4.78, 5) is 13.2. The Kier molecular flexibility index (Phi) is 6.51. The fraction of sp³-hybridized carbons (Fsp3) is 0.500. The minimum atomic E-state index is -0.136. The lowest BCUT2D eigenvalue weighted by molar-refractivity contribution is 0.0936. The highest BCUT2D eigenvalue weighted by Gasteiger charge is 2.19. The molecule has 5 heteroatoms. The van der Waals surface area contributed by atoms with Gasteiger partial charge in [-0.25, -0.2) is 0 Å². The first kappa shape index (κ1) is 16.7. The van der Waals surface area contributed by atoms with Gasteiger partial charge in [0.25, 0.3) is 5.91 Å². The van der Waals surface area contributed by atoms with Gasteiger partial charge in [0.05, 0.1) is 10.6 Å². The molecule has 2 nitrogen and oxygen atoms in total. The van der Waals surface area contributed by atoms with Crippen molar-refractivity contribution in [3.8, 4) is 0 Å². The maximum absolute atomic E-state index is 12.1. The number of nitrogens with one attached hydrogen (secondary N) is 1. The van der Waals surface area contributed by atoms with Crippen molar-refractivity contribution < 1.29 is 4.79 Å². The number of halogens is 2. The number of hydrogen-bond donors (Lipinski definition) is 1. The second-order valence-corrected chi connectivity index (χ2v) is 6.80. The van der Waals surface area contributed by atoms with E-state index in [9.17, 15) is 4.79 Å². The molecule has 0 spiro atoms. The van der Waals surface area contributed by atoms with Crippen LogP contribution in [-0.2, 0) is 0 Å². The van der Waals surface area contributed by atoms with Crippen LogP contribution < -0.4 is 5.32 Å². The van der Waals surface area contributed by atoms with E-state index in [1.54, 1.807) is 17.8 Å². The van der Waals surface area contributed by atoms with Crippen molar-refractivity contribution in [3.63, 3.8) is 0 Å². The summed E-state index contributed by atoms with van der Waals surface area (Å²) in [6, 6.07) is 5.48. The van der Waals surface area contributed by atoms with E-state index in [2.05, 4.69) is 19.2 Å². The standard InChI is InChI=1S/C14H19Cl2NOS/c1-14(2,6-7-15)9-17-13(18)11-8-10(19-3)4-5-12(11)16/h4-5,8H,6-7,9H2,1-3H3,(H,17,18). The fourth-order valence-corrected chi connectivity index (χ4v) is 2.72. The number of carbonyl (C=O) groups excluding carboxylic acids is 1. The molecular weight excluding hydrogens is 301 g/mol. The van der Waals surface area contributed by atoms with E-state index < -0.39 is 0 Å². The highest BCUT2D eigenvalue weighted by molar-refractivity contribution is 7.98. The van der Waals surface area contributed by atoms with Crippen molar-refractivity contribution in [3.05, 3.63) is 28.8 Å².